The Bertz CT molecular complexity index is 525. The SMILES string of the molecule is O=C(O)CCCn1nnnc1-c1csc(I)c1. The van der Waals surface area contributed by atoms with Crippen molar-refractivity contribution in [2.24, 2.45) is 0 Å². The van der Waals surface area contributed by atoms with Crippen LogP contribution in [0.2, 0.25) is 0 Å². The van der Waals surface area contributed by atoms with E-state index in [0.717, 1.165) is 8.45 Å². The Kier molecular flexibility index (Phi) is 4.05. The maximum Gasteiger partial charge on any atom is 0.303 e. The first kappa shape index (κ1) is 12.4. The molecule has 0 aromatic carbocycles. The molecule has 1 N–H and O–H groups in total. The van der Waals surface area contributed by atoms with E-state index in [-0.39, 0.29) is 6.42 Å². The van der Waals surface area contributed by atoms with Gasteiger partial charge < -0.3 is 5.11 Å². The highest BCUT2D eigenvalue weighted by Gasteiger charge is 2.10. The van der Waals surface area contributed by atoms with Crippen LogP contribution >= 0.6 is 33.9 Å². The third-order valence-electron chi connectivity index (χ3n) is 2.12. The van der Waals surface area contributed by atoms with Crippen LogP contribution in [0.25, 0.3) is 11.4 Å². The molecule has 0 aliphatic heterocycles. The Labute approximate surface area is 115 Å². The van der Waals surface area contributed by atoms with Gasteiger partial charge in [0.2, 0.25) is 0 Å². The molecule has 90 valence electrons. The number of halogens is 1. The summed E-state index contributed by atoms with van der Waals surface area (Å²) in [6.07, 6.45) is 0.648. The molecule has 17 heavy (non-hydrogen) atoms. The van der Waals surface area contributed by atoms with Crippen molar-refractivity contribution in [3.8, 4) is 11.4 Å². The molecule has 0 radical (unpaired) electrons. The number of aliphatic carboxylic acids is 1. The lowest BCUT2D eigenvalue weighted by molar-refractivity contribution is -0.137. The summed E-state index contributed by atoms with van der Waals surface area (Å²) in [7, 11) is 0. The largest absolute Gasteiger partial charge is 0.481 e. The van der Waals surface area contributed by atoms with E-state index in [1.54, 1.807) is 16.0 Å². The van der Waals surface area contributed by atoms with Crippen molar-refractivity contribution < 1.29 is 9.90 Å². The van der Waals surface area contributed by atoms with Gasteiger partial charge in [-0.1, -0.05) is 0 Å². The zero-order valence-electron chi connectivity index (χ0n) is 8.71. The first-order valence-electron chi connectivity index (χ1n) is 4.89. The fraction of sp³-hybridized carbons (Fsp3) is 0.333. The summed E-state index contributed by atoms with van der Waals surface area (Å²) in [4.78, 5) is 10.4. The van der Waals surface area contributed by atoms with Crippen LogP contribution in [-0.4, -0.2) is 31.3 Å². The molecule has 2 aromatic rings. The van der Waals surface area contributed by atoms with E-state index in [2.05, 4.69) is 38.1 Å². The highest BCUT2D eigenvalue weighted by Crippen LogP contribution is 2.24. The standard InChI is InChI=1S/C9H9IN4O2S/c10-7-4-6(5-17-7)9-11-12-13-14(9)3-1-2-8(15)16/h4-5H,1-3H2,(H,15,16). The Hall–Kier alpha value is -1.03. The maximum atomic E-state index is 10.4. The fourth-order valence-corrected chi connectivity index (χ4v) is 2.69. The maximum absolute atomic E-state index is 10.4. The molecule has 2 heterocycles. The Morgan fingerprint density at radius 2 is 2.41 bits per heavy atom. The van der Waals surface area contributed by atoms with E-state index in [4.69, 9.17) is 5.11 Å². The second-order valence-corrected chi connectivity index (χ2v) is 6.17. The highest BCUT2D eigenvalue weighted by molar-refractivity contribution is 14.1. The van der Waals surface area contributed by atoms with Crippen LogP contribution in [-0.2, 0) is 11.3 Å². The summed E-state index contributed by atoms with van der Waals surface area (Å²) < 4.78 is 2.80. The molecule has 2 rings (SSSR count). The third-order valence-corrected chi connectivity index (χ3v) is 3.91. The molecule has 0 fully saturated rings. The first-order chi connectivity index (χ1) is 8.16. The van der Waals surface area contributed by atoms with Crippen molar-refractivity contribution >= 4 is 39.9 Å². The third kappa shape index (κ3) is 3.22. The summed E-state index contributed by atoms with van der Waals surface area (Å²) in [6, 6.07) is 2.00. The van der Waals surface area contributed by atoms with Crippen LogP contribution in [0, 0.1) is 2.88 Å². The topological polar surface area (TPSA) is 80.9 Å². The van der Waals surface area contributed by atoms with Gasteiger partial charge in [-0.3, -0.25) is 4.79 Å². The molecule has 0 aliphatic rings. The number of carboxylic acids is 1. The predicted octanol–water partition coefficient (Wildman–Crippen LogP) is 1.87. The second kappa shape index (κ2) is 5.54. The average molecular weight is 364 g/mol. The number of hydrogen-bond donors (Lipinski definition) is 1. The van der Waals surface area contributed by atoms with Gasteiger partial charge in [-0.25, -0.2) is 4.68 Å². The highest BCUT2D eigenvalue weighted by atomic mass is 127. The number of rotatable bonds is 5. The number of hydrogen-bond acceptors (Lipinski definition) is 5. The monoisotopic (exact) mass is 364 g/mol. The number of carboxylic acid groups (broad SMARTS) is 1. The van der Waals surface area contributed by atoms with Crippen molar-refractivity contribution in [1.82, 2.24) is 20.2 Å². The van der Waals surface area contributed by atoms with E-state index in [1.807, 2.05) is 11.4 Å². The zero-order chi connectivity index (χ0) is 12.3. The fourth-order valence-electron chi connectivity index (χ4n) is 1.37. The minimum atomic E-state index is -0.801. The molecule has 0 spiro atoms. The Balaban J connectivity index is 2.09. The van der Waals surface area contributed by atoms with E-state index in [0.29, 0.717) is 18.8 Å². The van der Waals surface area contributed by atoms with Gasteiger partial charge in [0.15, 0.2) is 5.82 Å². The van der Waals surface area contributed by atoms with Crippen LogP contribution in [0.3, 0.4) is 0 Å². The van der Waals surface area contributed by atoms with E-state index < -0.39 is 5.97 Å². The van der Waals surface area contributed by atoms with Gasteiger partial charge in [0, 0.05) is 23.9 Å². The normalized spacial score (nSPS) is 10.6. The van der Waals surface area contributed by atoms with E-state index in [1.165, 1.54) is 0 Å². The first-order valence-corrected chi connectivity index (χ1v) is 6.85. The van der Waals surface area contributed by atoms with Crippen molar-refractivity contribution in [2.45, 2.75) is 19.4 Å². The smallest absolute Gasteiger partial charge is 0.303 e. The number of aromatic nitrogens is 4. The average Bonchev–Trinajstić information content (AvgIpc) is 2.86. The second-order valence-electron chi connectivity index (χ2n) is 3.36. The minimum absolute atomic E-state index is 0.125. The van der Waals surface area contributed by atoms with Gasteiger partial charge in [0.25, 0.3) is 0 Å². The molecule has 0 unspecified atom stereocenters. The number of tetrazole rings is 1. The van der Waals surface area contributed by atoms with Crippen LogP contribution in [0.15, 0.2) is 11.4 Å². The minimum Gasteiger partial charge on any atom is -0.481 e. The van der Waals surface area contributed by atoms with Gasteiger partial charge in [-0.05, 0) is 45.5 Å². The van der Waals surface area contributed by atoms with Crippen LogP contribution < -0.4 is 0 Å². The molecule has 6 nitrogen and oxygen atoms in total. The predicted molar refractivity (Wildman–Crippen MR) is 70.7 cm³/mol. The zero-order valence-corrected chi connectivity index (χ0v) is 11.7. The molecule has 8 heteroatoms. The van der Waals surface area contributed by atoms with Crippen molar-refractivity contribution in [2.75, 3.05) is 0 Å². The van der Waals surface area contributed by atoms with E-state index >= 15 is 0 Å². The van der Waals surface area contributed by atoms with E-state index in [9.17, 15) is 4.79 Å². The van der Waals surface area contributed by atoms with Gasteiger partial charge in [-0.2, -0.15) is 0 Å². The lowest BCUT2D eigenvalue weighted by Gasteiger charge is -2.01. The summed E-state index contributed by atoms with van der Waals surface area (Å²) in [6.45, 7) is 0.515. The lowest BCUT2D eigenvalue weighted by atomic mass is 10.3. The molecular weight excluding hydrogens is 355 g/mol. The Morgan fingerprint density at radius 3 is 3.06 bits per heavy atom. The van der Waals surface area contributed by atoms with Crippen LogP contribution in [0.5, 0.6) is 0 Å². The Morgan fingerprint density at radius 1 is 1.59 bits per heavy atom. The number of thiophene rings is 1. The summed E-state index contributed by atoms with van der Waals surface area (Å²) >= 11 is 3.86. The summed E-state index contributed by atoms with van der Waals surface area (Å²) in [5.74, 6) is -0.112. The molecule has 0 bridgehead atoms. The van der Waals surface area contributed by atoms with Gasteiger partial charge in [0.1, 0.15) is 0 Å². The summed E-state index contributed by atoms with van der Waals surface area (Å²) in [5, 5.41) is 22.0. The van der Waals surface area contributed by atoms with Gasteiger partial charge in [0.05, 0.1) is 2.88 Å². The molecular formula is C9H9IN4O2S. The van der Waals surface area contributed by atoms with Gasteiger partial charge in [-0.15, -0.1) is 16.4 Å². The molecule has 2 aromatic heterocycles. The van der Waals surface area contributed by atoms with Crippen molar-refractivity contribution in [3.05, 3.63) is 14.3 Å². The number of carbonyl (C=O) groups is 1. The van der Waals surface area contributed by atoms with Crippen LogP contribution in [0.4, 0.5) is 0 Å². The molecule has 0 amide bonds. The number of aryl methyl sites for hydroxylation is 1. The van der Waals surface area contributed by atoms with Crippen LogP contribution in [0.1, 0.15) is 12.8 Å². The quantitative estimate of drug-likeness (QED) is 0.820. The number of nitrogens with zero attached hydrogens (tertiary/aromatic N) is 4. The molecule has 0 atom stereocenters. The molecule has 0 aliphatic carbocycles. The van der Waals surface area contributed by atoms with Gasteiger partial charge >= 0.3 is 5.97 Å². The van der Waals surface area contributed by atoms with Crippen molar-refractivity contribution in [1.29, 1.82) is 0 Å². The molecule has 0 saturated heterocycles. The van der Waals surface area contributed by atoms with Crippen molar-refractivity contribution in [3.63, 3.8) is 0 Å². The summed E-state index contributed by atoms with van der Waals surface area (Å²) in [5.41, 5.74) is 0.972. The molecule has 0 saturated carbocycles. The lowest BCUT2D eigenvalue weighted by Crippen LogP contribution is -2.05.